The lowest BCUT2D eigenvalue weighted by Gasteiger charge is -2.61. The van der Waals surface area contributed by atoms with Crippen molar-refractivity contribution in [3.8, 4) is 0 Å². The first kappa shape index (κ1) is 34.4. The van der Waals surface area contributed by atoms with Crippen LogP contribution in [0.4, 0.5) is 10.1 Å². The van der Waals surface area contributed by atoms with Crippen molar-refractivity contribution in [3.63, 3.8) is 0 Å². The van der Waals surface area contributed by atoms with Gasteiger partial charge >= 0.3 is 13.1 Å². The Morgan fingerprint density at radius 2 is 1.91 bits per heavy atom. The highest BCUT2D eigenvalue weighted by Gasteiger charge is 2.68. The number of carbonyl (C=O) groups is 3. The molecule has 0 saturated heterocycles. The lowest BCUT2D eigenvalue weighted by Crippen LogP contribution is -2.63. The number of aliphatic hydroxyl groups excluding tert-OH is 1. The Morgan fingerprint density at radius 3 is 2.59 bits per heavy atom. The van der Waals surface area contributed by atoms with E-state index < -0.39 is 47.9 Å². The maximum Gasteiger partial charge on any atom is 0.491 e. The van der Waals surface area contributed by atoms with Gasteiger partial charge in [0.05, 0.1) is 11.9 Å². The summed E-state index contributed by atoms with van der Waals surface area (Å²) in [6.45, 7) is 12.4. The Bertz CT molecular complexity index is 1540. The minimum atomic E-state index is -1.99. The summed E-state index contributed by atoms with van der Waals surface area (Å²) < 4.78 is 20.5. The van der Waals surface area contributed by atoms with Crippen molar-refractivity contribution < 1.29 is 38.7 Å². The first-order chi connectivity index (χ1) is 21.7. The van der Waals surface area contributed by atoms with Crippen LogP contribution in [0.3, 0.4) is 0 Å². The van der Waals surface area contributed by atoms with Crippen molar-refractivity contribution in [1.29, 1.82) is 0 Å². The highest BCUT2D eigenvalue weighted by Crippen LogP contribution is 2.68. The van der Waals surface area contributed by atoms with E-state index in [0.717, 1.165) is 31.4 Å². The van der Waals surface area contributed by atoms with Crippen molar-refractivity contribution in [3.05, 3.63) is 66.5 Å². The van der Waals surface area contributed by atoms with Crippen molar-refractivity contribution in [2.75, 3.05) is 11.1 Å². The smallest absolute Gasteiger partial charge is 0.461 e. The monoisotopic (exact) mass is 651 g/mol. The number of halogens is 1. The second-order valence-corrected chi connectivity index (χ2v) is 15.0. The minimum Gasteiger partial charge on any atom is -0.461 e. The summed E-state index contributed by atoms with van der Waals surface area (Å²) in [5.74, 6) is -2.01. The summed E-state index contributed by atoms with van der Waals surface area (Å²) in [6.07, 6.45) is 3.77. The number of Topliss-reactive ketones (excluding diaryl/α,β-unsaturated/α-hetero) is 1. The van der Waals surface area contributed by atoms with E-state index in [1.807, 2.05) is 6.92 Å². The van der Waals surface area contributed by atoms with Crippen molar-refractivity contribution in [1.82, 2.24) is 0 Å². The van der Waals surface area contributed by atoms with Crippen molar-refractivity contribution in [2.24, 2.45) is 34.0 Å². The molecule has 8 nitrogen and oxygen atoms in total. The third kappa shape index (κ3) is 5.96. The van der Waals surface area contributed by atoms with Gasteiger partial charge in [0.15, 0.2) is 0 Å². The van der Waals surface area contributed by atoms with Crippen LogP contribution in [0.1, 0.15) is 70.2 Å². The molecule has 0 heterocycles. The number of nitrogens with one attached hydrogen (secondary N) is 1. The Morgan fingerprint density at radius 1 is 1.17 bits per heavy atom. The van der Waals surface area contributed by atoms with Gasteiger partial charge < -0.3 is 25.2 Å². The zero-order valence-electron chi connectivity index (χ0n) is 26.8. The number of carbonyl (C=O) groups excluding carboxylic acids is 3. The Balaban J connectivity index is 1.32. The molecule has 3 saturated carbocycles. The number of anilines is 1. The summed E-state index contributed by atoms with van der Waals surface area (Å²) in [5, 5.41) is 32.8. The molecular formula is C35H43BFNO7S. The zero-order valence-corrected chi connectivity index (χ0v) is 27.6. The van der Waals surface area contributed by atoms with Gasteiger partial charge in [-0.25, -0.2) is 4.39 Å². The van der Waals surface area contributed by atoms with Gasteiger partial charge in [-0.05, 0) is 73.3 Å². The number of ether oxygens (including phenoxy) is 1. The molecule has 2 aromatic carbocycles. The third-order valence-electron chi connectivity index (χ3n) is 11.6. The van der Waals surface area contributed by atoms with Gasteiger partial charge in [0.1, 0.15) is 17.7 Å². The lowest BCUT2D eigenvalue weighted by atomic mass is 9.44. The van der Waals surface area contributed by atoms with Crippen LogP contribution in [0, 0.1) is 39.8 Å². The summed E-state index contributed by atoms with van der Waals surface area (Å²) >= 11 is 1.24. The lowest BCUT2D eigenvalue weighted by molar-refractivity contribution is -0.205. The van der Waals surface area contributed by atoms with Crippen molar-refractivity contribution >= 4 is 47.7 Å². The summed E-state index contributed by atoms with van der Waals surface area (Å²) in [4.78, 5) is 40.5. The molecule has 46 heavy (non-hydrogen) atoms. The van der Waals surface area contributed by atoms with Gasteiger partial charge in [-0.15, -0.1) is 18.3 Å². The normalized spacial score (nSPS) is 33.7. The number of ketones is 1. The standard InChI is InChI=1S/C35H43BFNO7S/c1-6-33(4)18-28(34(5)20(2)12-14-35(21(3)31(33)41)15-13-27(39)30(34)35)45-29(40)19-46-24-9-7-8-23(17-24)38-32(42)22-10-11-25(36(43)44)26(37)16-22/h6-11,16-17,20-21,28,30-31,41,43-44H,1,12-15,18-19H2,2-5H3,(H,38,42)/t20-,21+,28-,30+,31+,33-,34+,35+/m1/s1. The summed E-state index contributed by atoms with van der Waals surface area (Å²) in [7, 11) is -1.99. The minimum absolute atomic E-state index is 0.00368. The predicted octanol–water partition coefficient (Wildman–Crippen LogP) is 4.76. The molecule has 3 aliphatic carbocycles. The second kappa shape index (κ2) is 12.9. The van der Waals surface area contributed by atoms with E-state index in [4.69, 9.17) is 4.74 Å². The molecule has 1 amide bonds. The highest BCUT2D eigenvalue weighted by atomic mass is 32.2. The van der Waals surface area contributed by atoms with Gasteiger partial charge in [0, 0.05) is 44.8 Å². The van der Waals surface area contributed by atoms with Crippen LogP contribution in [0.25, 0.3) is 0 Å². The van der Waals surface area contributed by atoms with Gasteiger partial charge in [-0.2, -0.15) is 0 Å². The molecule has 0 spiro atoms. The number of amides is 1. The quantitative estimate of drug-likeness (QED) is 0.139. The van der Waals surface area contributed by atoms with E-state index in [9.17, 15) is 33.9 Å². The first-order valence-electron chi connectivity index (χ1n) is 15.9. The van der Waals surface area contributed by atoms with Crippen LogP contribution in [0.5, 0.6) is 0 Å². The molecule has 0 aromatic heterocycles. The Hall–Kier alpha value is -2.99. The van der Waals surface area contributed by atoms with Crippen LogP contribution in [0.2, 0.25) is 0 Å². The maximum absolute atomic E-state index is 14.2. The molecule has 0 unspecified atom stereocenters. The molecule has 0 aliphatic heterocycles. The van der Waals surface area contributed by atoms with Gasteiger partial charge in [-0.3, -0.25) is 14.4 Å². The number of rotatable bonds is 8. The second-order valence-electron chi connectivity index (χ2n) is 13.9. The molecular weight excluding hydrogens is 608 g/mol. The topological polar surface area (TPSA) is 133 Å². The number of esters is 1. The third-order valence-corrected chi connectivity index (χ3v) is 12.5. The highest BCUT2D eigenvalue weighted by molar-refractivity contribution is 8.00. The molecule has 3 aliphatic rings. The van der Waals surface area contributed by atoms with Crippen LogP contribution >= 0.6 is 11.8 Å². The molecule has 2 aromatic rings. The molecule has 4 N–H and O–H groups in total. The summed E-state index contributed by atoms with van der Waals surface area (Å²) in [6, 6.07) is 10.2. The van der Waals surface area contributed by atoms with E-state index in [-0.39, 0.29) is 45.7 Å². The molecule has 2 bridgehead atoms. The van der Waals surface area contributed by atoms with E-state index in [1.54, 1.807) is 30.3 Å². The number of benzene rings is 2. The van der Waals surface area contributed by atoms with Gasteiger partial charge in [0.2, 0.25) is 0 Å². The molecule has 246 valence electrons. The molecule has 8 atom stereocenters. The largest absolute Gasteiger partial charge is 0.491 e. The SMILES string of the molecule is C=C[C@]1(C)C[C@@H](OC(=O)CSc2cccc(NC(=O)c3ccc(B(O)O)c(F)c3)c2)[C@]2(C)[C@H](C)CC[C@]3(CCC(=O)[C@H]32)[C@@H](C)[C@@H]1O. The fourth-order valence-electron chi connectivity index (χ4n) is 8.58. The maximum atomic E-state index is 14.2. The fourth-order valence-corrected chi connectivity index (χ4v) is 9.32. The molecule has 5 rings (SSSR count). The Labute approximate surface area is 274 Å². The number of aliphatic hydroxyl groups is 1. The first-order valence-corrected chi connectivity index (χ1v) is 16.9. The zero-order chi connectivity index (χ0) is 33.6. The average Bonchev–Trinajstić information content (AvgIpc) is 3.38. The van der Waals surface area contributed by atoms with Crippen LogP contribution < -0.4 is 10.8 Å². The molecule has 11 heteroatoms. The van der Waals surface area contributed by atoms with Crippen LogP contribution in [-0.4, -0.2) is 57.9 Å². The molecule has 3 fully saturated rings. The van der Waals surface area contributed by atoms with Gasteiger partial charge in [0.25, 0.3) is 5.91 Å². The van der Waals surface area contributed by atoms with Crippen LogP contribution in [0.15, 0.2) is 60.0 Å². The fraction of sp³-hybridized carbons (Fsp3) is 0.514. The molecule has 0 radical (unpaired) electrons. The van der Waals surface area contributed by atoms with E-state index in [0.29, 0.717) is 23.4 Å². The number of hydrogen-bond acceptors (Lipinski definition) is 8. The van der Waals surface area contributed by atoms with E-state index in [1.165, 1.54) is 17.8 Å². The Kier molecular flexibility index (Phi) is 9.63. The number of hydrogen-bond donors (Lipinski definition) is 4. The van der Waals surface area contributed by atoms with E-state index >= 15 is 0 Å². The van der Waals surface area contributed by atoms with E-state index in [2.05, 4.69) is 32.7 Å². The average molecular weight is 652 g/mol. The van der Waals surface area contributed by atoms with Crippen LogP contribution in [-0.2, 0) is 14.3 Å². The van der Waals surface area contributed by atoms with Crippen molar-refractivity contribution in [2.45, 2.75) is 76.9 Å². The van der Waals surface area contributed by atoms with Gasteiger partial charge in [-0.1, -0.05) is 45.9 Å². The predicted molar refractivity (Wildman–Crippen MR) is 176 cm³/mol. The summed E-state index contributed by atoms with van der Waals surface area (Å²) in [5.41, 5.74) is -1.55. The number of thioether (sulfide) groups is 1.